The Labute approximate surface area is 122 Å². The highest BCUT2D eigenvalue weighted by atomic mass is 16.5. The Hall–Kier alpha value is -0.870. The summed E-state index contributed by atoms with van der Waals surface area (Å²) < 4.78 is 8.20. The zero-order valence-electron chi connectivity index (χ0n) is 13.2. The Morgan fingerprint density at radius 1 is 1.40 bits per heavy atom. The minimum Gasteiger partial charge on any atom is -0.374 e. The minimum absolute atomic E-state index is 0.0589. The predicted octanol–water partition coefficient (Wildman–Crippen LogP) is 2.68. The van der Waals surface area contributed by atoms with Crippen LogP contribution < -0.4 is 5.32 Å². The van der Waals surface area contributed by atoms with Crippen molar-refractivity contribution in [3.8, 4) is 0 Å². The second-order valence-corrected chi connectivity index (χ2v) is 5.80. The number of aryl methyl sites for hydroxylation is 2. The molecule has 0 aliphatic heterocycles. The standard InChI is InChI=1S/C16H29N3O/c1-4-17-15(9-8-14-10-13-18-19(14)3)16(20-5-2)11-6-7-12-16/h10,13,15,17H,4-9,11-12H2,1-3H3. The lowest BCUT2D eigenvalue weighted by Crippen LogP contribution is -2.51. The van der Waals surface area contributed by atoms with Gasteiger partial charge in [-0.15, -0.1) is 0 Å². The predicted molar refractivity (Wildman–Crippen MR) is 81.8 cm³/mol. The number of rotatable bonds is 8. The molecule has 1 unspecified atom stereocenters. The molecule has 1 heterocycles. The summed E-state index contributed by atoms with van der Waals surface area (Å²) in [6.07, 6.45) is 9.05. The highest BCUT2D eigenvalue weighted by Gasteiger charge is 2.41. The molecule has 1 atom stereocenters. The Bertz CT molecular complexity index is 396. The van der Waals surface area contributed by atoms with Crippen LogP contribution in [0.25, 0.3) is 0 Å². The fraction of sp³-hybridized carbons (Fsp3) is 0.812. The van der Waals surface area contributed by atoms with Crippen molar-refractivity contribution in [2.24, 2.45) is 7.05 Å². The molecule has 1 aromatic heterocycles. The van der Waals surface area contributed by atoms with Crippen LogP contribution in [0.15, 0.2) is 12.3 Å². The first-order chi connectivity index (χ1) is 9.72. The molecule has 1 aliphatic rings. The van der Waals surface area contributed by atoms with Gasteiger partial charge in [-0.3, -0.25) is 4.68 Å². The van der Waals surface area contributed by atoms with Crippen LogP contribution in [0.4, 0.5) is 0 Å². The Kier molecular flexibility index (Phi) is 5.61. The molecular weight excluding hydrogens is 250 g/mol. The maximum absolute atomic E-state index is 6.22. The van der Waals surface area contributed by atoms with E-state index < -0.39 is 0 Å². The van der Waals surface area contributed by atoms with E-state index in [0.717, 1.165) is 26.0 Å². The third-order valence-corrected chi connectivity index (χ3v) is 4.58. The molecule has 1 N–H and O–H groups in total. The number of hydrogen-bond donors (Lipinski definition) is 1. The summed E-state index contributed by atoms with van der Waals surface area (Å²) in [6, 6.07) is 2.57. The lowest BCUT2D eigenvalue weighted by Gasteiger charge is -2.38. The van der Waals surface area contributed by atoms with Gasteiger partial charge in [0, 0.05) is 31.6 Å². The van der Waals surface area contributed by atoms with Gasteiger partial charge in [0.15, 0.2) is 0 Å². The van der Waals surface area contributed by atoms with Crippen molar-refractivity contribution in [3.05, 3.63) is 18.0 Å². The normalized spacial score (nSPS) is 19.4. The molecule has 0 spiro atoms. The fourth-order valence-corrected chi connectivity index (χ4v) is 3.59. The van der Waals surface area contributed by atoms with Crippen molar-refractivity contribution in [1.82, 2.24) is 15.1 Å². The van der Waals surface area contributed by atoms with E-state index in [9.17, 15) is 0 Å². The van der Waals surface area contributed by atoms with Crippen molar-refractivity contribution in [2.75, 3.05) is 13.2 Å². The van der Waals surface area contributed by atoms with E-state index >= 15 is 0 Å². The molecular formula is C16H29N3O. The van der Waals surface area contributed by atoms with Gasteiger partial charge in [-0.2, -0.15) is 5.10 Å². The van der Waals surface area contributed by atoms with Crippen LogP contribution in [-0.2, 0) is 18.2 Å². The number of aromatic nitrogens is 2. The number of nitrogens with zero attached hydrogens (tertiary/aromatic N) is 2. The Morgan fingerprint density at radius 2 is 2.15 bits per heavy atom. The van der Waals surface area contributed by atoms with Gasteiger partial charge in [0.25, 0.3) is 0 Å². The molecule has 0 radical (unpaired) electrons. The fourth-order valence-electron chi connectivity index (χ4n) is 3.59. The van der Waals surface area contributed by atoms with E-state index in [1.54, 1.807) is 0 Å². The second-order valence-electron chi connectivity index (χ2n) is 5.80. The second kappa shape index (κ2) is 7.23. The average molecular weight is 279 g/mol. The van der Waals surface area contributed by atoms with Gasteiger partial charge in [0.05, 0.1) is 5.60 Å². The van der Waals surface area contributed by atoms with Crippen LogP contribution >= 0.6 is 0 Å². The highest BCUT2D eigenvalue weighted by Crippen LogP contribution is 2.37. The molecule has 4 nitrogen and oxygen atoms in total. The zero-order valence-corrected chi connectivity index (χ0v) is 13.2. The molecule has 0 aromatic carbocycles. The van der Waals surface area contributed by atoms with Crippen LogP contribution in [0.5, 0.6) is 0 Å². The number of nitrogens with one attached hydrogen (secondary N) is 1. The van der Waals surface area contributed by atoms with Gasteiger partial charge in [-0.25, -0.2) is 0 Å². The van der Waals surface area contributed by atoms with Gasteiger partial charge in [-0.1, -0.05) is 19.8 Å². The highest BCUT2D eigenvalue weighted by molar-refractivity contribution is 5.03. The minimum atomic E-state index is 0.0589. The van der Waals surface area contributed by atoms with E-state index in [2.05, 4.69) is 30.3 Å². The first kappa shape index (κ1) is 15.5. The first-order valence-electron chi connectivity index (χ1n) is 8.06. The zero-order chi connectivity index (χ0) is 14.4. The first-order valence-corrected chi connectivity index (χ1v) is 8.06. The van der Waals surface area contributed by atoms with Crippen molar-refractivity contribution < 1.29 is 4.74 Å². The molecule has 0 saturated heterocycles. The van der Waals surface area contributed by atoms with Crippen LogP contribution in [-0.4, -0.2) is 34.6 Å². The number of hydrogen-bond acceptors (Lipinski definition) is 3. The molecule has 4 heteroatoms. The van der Waals surface area contributed by atoms with Crippen LogP contribution in [0, 0.1) is 0 Å². The molecule has 1 aliphatic carbocycles. The largest absolute Gasteiger partial charge is 0.374 e. The molecule has 0 bridgehead atoms. The van der Waals surface area contributed by atoms with E-state index in [4.69, 9.17) is 4.74 Å². The molecule has 20 heavy (non-hydrogen) atoms. The summed E-state index contributed by atoms with van der Waals surface area (Å²) in [7, 11) is 2.02. The maximum atomic E-state index is 6.22. The van der Waals surface area contributed by atoms with Crippen molar-refractivity contribution in [3.63, 3.8) is 0 Å². The van der Waals surface area contributed by atoms with E-state index in [1.807, 2.05) is 17.9 Å². The summed E-state index contributed by atoms with van der Waals surface area (Å²) in [5, 5.41) is 7.93. The number of ether oxygens (including phenoxy) is 1. The van der Waals surface area contributed by atoms with Gasteiger partial charge >= 0.3 is 0 Å². The van der Waals surface area contributed by atoms with Gasteiger partial charge in [0.2, 0.25) is 0 Å². The number of likely N-dealkylation sites (N-methyl/N-ethyl adjacent to an activating group) is 1. The van der Waals surface area contributed by atoms with E-state index in [1.165, 1.54) is 31.4 Å². The van der Waals surface area contributed by atoms with Crippen LogP contribution in [0.2, 0.25) is 0 Å². The lowest BCUT2D eigenvalue weighted by molar-refractivity contribution is -0.0628. The summed E-state index contributed by atoms with van der Waals surface area (Å²) in [6.45, 7) is 6.12. The van der Waals surface area contributed by atoms with E-state index in [-0.39, 0.29) is 5.60 Å². The molecule has 0 amide bonds. The van der Waals surface area contributed by atoms with Gasteiger partial charge in [-0.05, 0) is 45.2 Å². The monoisotopic (exact) mass is 279 g/mol. The summed E-state index contributed by atoms with van der Waals surface area (Å²) in [5.41, 5.74) is 1.36. The quantitative estimate of drug-likeness (QED) is 0.795. The summed E-state index contributed by atoms with van der Waals surface area (Å²) in [5.74, 6) is 0. The van der Waals surface area contributed by atoms with Crippen molar-refractivity contribution in [1.29, 1.82) is 0 Å². The SMILES string of the molecule is CCNC(CCc1ccnn1C)C1(OCC)CCCC1. The molecule has 1 saturated carbocycles. The van der Waals surface area contributed by atoms with Crippen LogP contribution in [0.1, 0.15) is 51.6 Å². The van der Waals surface area contributed by atoms with Crippen LogP contribution in [0.3, 0.4) is 0 Å². The van der Waals surface area contributed by atoms with Gasteiger partial charge in [0.1, 0.15) is 0 Å². The lowest BCUT2D eigenvalue weighted by atomic mass is 9.88. The third-order valence-electron chi connectivity index (χ3n) is 4.58. The third kappa shape index (κ3) is 3.41. The summed E-state index contributed by atoms with van der Waals surface area (Å²) >= 11 is 0. The molecule has 1 aromatic rings. The molecule has 1 fully saturated rings. The van der Waals surface area contributed by atoms with Gasteiger partial charge < -0.3 is 10.1 Å². The maximum Gasteiger partial charge on any atom is 0.0834 e. The summed E-state index contributed by atoms with van der Waals surface area (Å²) in [4.78, 5) is 0. The molecule has 2 rings (SSSR count). The van der Waals surface area contributed by atoms with Crippen molar-refractivity contribution in [2.45, 2.75) is 64.0 Å². The van der Waals surface area contributed by atoms with Crippen molar-refractivity contribution >= 4 is 0 Å². The Morgan fingerprint density at radius 3 is 2.70 bits per heavy atom. The molecule has 114 valence electrons. The van der Waals surface area contributed by atoms with E-state index in [0.29, 0.717) is 6.04 Å². The average Bonchev–Trinajstić information content (AvgIpc) is 3.05. The Balaban J connectivity index is 2.03. The topological polar surface area (TPSA) is 39.1 Å². The smallest absolute Gasteiger partial charge is 0.0834 e.